The van der Waals surface area contributed by atoms with E-state index in [1.54, 1.807) is 29.6 Å². The van der Waals surface area contributed by atoms with E-state index in [0.717, 1.165) is 22.2 Å². The van der Waals surface area contributed by atoms with Gasteiger partial charge in [0.05, 0.1) is 29.0 Å². The third kappa shape index (κ3) is 3.82. The molecule has 0 bridgehead atoms. The van der Waals surface area contributed by atoms with Gasteiger partial charge < -0.3 is 10.6 Å². The summed E-state index contributed by atoms with van der Waals surface area (Å²) in [6.07, 6.45) is 4.97. The van der Waals surface area contributed by atoms with Crippen molar-refractivity contribution in [2.45, 2.75) is 20.4 Å². The van der Waals surface area contributed by atoms with E-state index in [1.165, 1.54) is 0 Å². The molecule has 0 saturated carbocycles. The van der Waals surface area contributed by atoms with E-state index in [-0.39, 0.29) is 11.9 Å². The molecule has 3 aromatic heterocycles. The molecule has 7 nitrogen and oxygen atoms in total. The fourth-order valence-corrected chi connectivity index (χ4v) is 3.37. The van der Waals surface area contributed by atoms with Crippen molar-refractivity contribution in [2.75, 3.05) is 12.3 Å². The summed E-state index contributed by atoms with van der Waals surface area (Å²) in [6, 6.07) is 13.4. The van der Waals surface area contributed by atoms with Crippen LogP contribution in [0.25, 0.3) is 22.2 Å². The highest BCUT2D eigenvalue weighted by atomic mass is 16.2. The second-order valence-electron chi connectivity index (χ2n) is 7.00. The van der Waals surface area contributed by atoms with Crippen LogP contribution in [0.2, 0.25) is 0 Å². The van der Waals surface area contributed by atoms with Gasteiger partial charge in [0, 0.05) is 36.1 Å². The molecule has 150 valence electrons. The molecule has 0 spiro atoms. The third-order valence-electron chi connectivity index (χ3n) is 4.99. The van der Waals surface area contributed by atoms with Gasteiger partial charge in [-0.05, 0) is 37.6 Å². The summed E-state index contributed by atoms with van der Waals surface area (Å²) in [6.45, 7) is 4.94. The average molecular weight is 398 g/mol. The Bertz CT molecular complexity index is 1190. The van der Waals surface area contributed by atoms with Crippen LogP contribution >= 0.6 is 0 Å². The van der Waals surface area contributed by atoms with E-state index in [2.05, 4.69) is 15.0 Å². The maximum Gasteiger partial charge on any atom is 0.254 e. The highest BCUT2D eigenvalue weighted by Crippen LogP contribution is 2.27. The summed E-state index contributed by atoms with van der Waals surface area (Å²) in [5.74, 6) is 0.123. The number of nitrogens with zero attached hydrogens (tertiary/aromatic N) is 5. The minimum absolute atomic E-state index is 0.0706. The average Bonchev–Trinajstić information content (AvgIpc) is 2.78. The van der Waals surface area contributed by atoms with Gasteiger partial charge in [-0.3, -0.25) is 9.78 Å². The van der Waals surface area contributed by atoms with Crippen LogP contribution in [0.4, 0.5) is 5.95 Å². The zero-order chi connectivity index (χ0) is 21.1. The maximum absolute atomic E-state index is 13.6. The van der Waals surface area contributed by atoms with Gasteiger partial charge >= 0.3 is 0 Å². The molecule has 4 rings (SSSR count). The quantitative estimate of drug-likeness (QED) is 0.551. The molecule has 0 unspecified atom stereocenters. The maximum atomic E-state index is 13.6. The fraction of sp³-hybridized carbons (Fsp3) is 0.174. The summed E-state index contributed by atoms with van der Waals surface area (Å²) in [5.41, 5.74) is 10.2. The predicted molar refractivity (Wildman–Crippen MR) is 117 cm³/mol. The Morgan fingerprint density at radius 1 is 1.07 bits per heavy atom. The van der Waals surface area contributed by atoms with E-state index >= 15 is 0 Å². The lowest BCUT2D eigenvalue weighted by molar-refractivity contribution is 0.0752. The van der Waals surface area contributed by atoms with Gasteiger partial charge in [-0.1, -0.05) is 24.3 Å². The first-order chi connectivity index (χ1) is 14.6. The molecule has 0 fully saturated rings. The molecule has 0 atom stereocenters. The standard InChI is InChI=1S/C23H22N6O/c1-3-29(14-17-8-4-5-10-25-17)22(30)19-11-20(16-12-26-23(24)27-13-16)28-21-15(2)7-6-9-18(19)21/h4-13H,3,14H2,1-2H3,(H2,24,26,27). The second kappa shape index (κ2) is 8.24. The van der Waals surface area contributed by atoms with Crippen LogP contribution < -0.4 is 5.73 Å². The number of aromatic nitrogens is 4. The lowest BCUT2D eigenvalue weighted by Crippen LogP contribution is -2.31. The molecule has 0 aliphatic heterocycles. The molecule has 30 heavy (non-hydrogen) atoms. The molecule has 0 saturated heterocycles. The Labute approximate surface area is 174 Å². The highest BCUT2D eigenvalue weighted by Gasteiger charge is 2.20. The number of nitrogens with two attached hydrogens (primary N) is 1. The minimum atomic E-state index is -0.0706. The largest absolute Gasteiger partial charge is 0.368 e. The number of anilines is 1. The molecule has 7 heteroatoms. The molecular formula is C23H22N6O. The van der Waals surface area contributed by atoms with E-state index < -0.39 is 0 Å². The van der Waals surface area contributed by atoms with Crippen molar-refractivity contribution in [3.63, 3.8) is 0 Å². The number of rotatable bonds is 5. The van der Waals surface area contributed by atoms with Crippen LogP contribution in [0.5, 0.6) is 0 Å². The van der Waals surface area contributed by atoms with E-state index in [4.69, 9.17) is 10.7 Å². The number of para-hydroxylation sites is 1. The Morgan fingerprint density at radius 2 is 1.87 bits per heavy atom. The molecule has 0 radical (unpaired) electrons. The second-order valence-corrected chi connectivity index (χ2v) is 7.00. The van der Waals surface area contributed by atoms with Gasteiger partial charge in [0.25, 0.3) is 5.91 Å². The fourth-order valence-electron chi connectivity index (χ4n) is 3.37. The van der Waals surface area contributed by atoms with Gasteiger partial charge in [-0.15, -0.1) is 0 Å². The summed E-state index contributed by atoms with van der Waals surface area (Å²) in [4.78, 5) is 32.6. The first kappa shape index (κ1) is 19.4. The van der Waals surface area contributed by atoms with Crippen LogP contribution in [0.3, 0.4) is 0 Å². The van der Waals surface area contributed by atoms with Gasteiger partial charge in [0.15, 0.2) is 0 Å². The van der Waals surface area contributed by atoms with Gasteiger partial charge in [-0.2, -0.15) is 0 Å². The number of hydrogen-bond acceptors (Lipinski definition) is 6. The van der Waals surface area contributed by atoms with Crippen LogP contribution in [0.15, 0.2) is 61.1 Å². The number of benzene rings is 1. The lowest BCUT2D eigenvalue weighted by atomic mass is 10.0. The molecular weight excluding hydrogens is 376 g/mol. The van der Waals surface area contributed by atoms with E-state index in [9.17, 15) is 4.79 Å². The smallest absolute Gasteiger partial charge is 0.254 e. The highest BCUT2D eigenvalue weighted by molar-refractivity contribution is 6.07. The third-order valence-corrected chi connectivity index (χ3v) is 4.99. The first-order valence-corrected chi connectivity index (χ1v) is 9.74. The molecule has 0 aliphatic rings. The first-order valence-electron chi connectivity index (χ1n) is 9.74. The normalized spacial score (nSPS) is 10.9. The molecule has 1 aromatic carbocycles. The molecule has 1 amide bonds. The number of carbonyl (C=O) groups is 1. The number of pyridine rings is 2. The number of carbonyl (C=O) groups excluding carboxylic acids is 1. The Balaban J connectivity index is 1.82. The Kier molecular flexibility index (Phi) is 5.34. The van der Waals surface area contributed by atoms with Crippen LogP contribution in [-0.4, -0.2) is 37.3 Å². The van der Waals surface area contributed by atoms with E-state index in [1.807, 2.05) is 50.2 Å². The van der Waals surface area contributed by atoms with Crippen molar-refractivity contribution in [1.29, 1.82) is 0 Å². The zero-order valence-electron chi connectivity index (χ0n) is 16.9. The van der Waals surface area contributed by atoms with Crippen molar-refractivity contribution in [3.8, 4) is 11.3 Å². The number of aryl methyl sites for hydroxylation is 1. The molecule has 0 aliphatic carbocycles. The van der Waals surface area contributed by atoms with Crippen molar-refractivity contribution in [1.82, 2.24) is 24.8 Å². The topological polar surface area (TPSA) is 97.9 Å². The summed E-state index contributed by atoms with van der Waals surface area (Å²) >= 11 is 0. The molecule has 2 N–H and O–H groups in total. The van der Waals surface area contributed by atoms with E-state index in [0.29, 0.717) is 29.9 Å². The van der Waals surface area contributed by atoms with Crippen LogP contribution in [0, 0.1) is 6.92 Å². The monoisotopic (exact) mass is 398 g/mol. The zero-order valence-corrected chi connectivity index (χ0v) is 16.9. The number of nitrogen functional groups attached to an aromatic ring is 1. The summed E-state index contributed by atoms with van der Waals surface area (Å²) in [5, 5.41) is 0.819. The minimum Gasteiger partial charge on any atom is -0.368 e. The van der Waals surface area contributed by atoms with Crippen molar-refractivity contribution in [2.24, 2.45) is 0 Å². The van der Waals surface area contributed by atoms with Gasteiger partial charge in [0.2, 0.25) is 5.95 Å². The summed E-state index contributed by atoms with van der Waals surface area (Å²) in [7, 11) is 0. The van der Waals surface area contributed by atoms with Gasteiger partial charge in [0.1, 0.15) is 0 Å². The summed E-state index contributed by atoms with van der Waals surface area (Å²) < 4.78 is 0. The molecule has 4 aromatic rings. The lowest BCUT2D eigenvalue weighted by Gasteiger charge is -2.22. The number of hydrogen-bond donors (Lipinski definition) is 1. The van der Waals surface area contributed by atoms with Crippen molar-refractivity contribution >= 4 is 22.8 Å². The van der Waals surface area contributed by atoms with Crippen molar-refractivity contribution < 1.29 is 4.79 Å². The molecule has 3 heterocycles. The Hall–Kier alpha value is -3.87. The Morgan fingerprint density at radius 3 is 2.57 bits per heavy atom. The number of fused-ring (bicyclic) bond motifs is 1. The number of amides is 1. The predicted octanol–water partition coefficient (Wildman–Crippen LogP) is 3.64. The SMILES string of the molecule is CCN(Cc1ccccn1)C(=O)c1cc(-c2cnc(N)nc2)nc2c(C)cccc12. The van der Waals surface area contributed by atoms with Crippen LogP contribution in [0.1, 0.15) is 28.5 Å². The van der Waals surface area contributed by atoms with Crippen LogP contribution in [-0.2, 0) is 6.54 Å². The van der Waals surface area contributed by atoms with Gasteiger partial charge in [-0.25, -0.2) is 15.0 Å². The van der Waals surface area contributed by atoms with Crippen molar-refractivity contribution in [3.05, 3.63) is 77.9 Å².